The molecule has 0 radical (unpaired) electrons. The molecule has 2 aromatic rings. The number of halogens is 1. The second-order valence-electron chi connectivity index (χ2n) is 4.01. The van der Waals surface area contributed by atoms with Gasteiger partial charge in [-0.05, 0) is 31.2 Å². The molecule has 0 bridgehead atoms. The van der Waals surface area contributed by atoms with Gasteiger partial charge in [0.2, 0.25) is 0 Å². The number of nitrogens with one attached hydrogen (secondary N) is 2. The van der Waals surface area contributed by atoms with Crippen LogP contribution >= 0.6 is 11.6 Å². The van der Waals surface area contributed by atoms with Crippen molar-refractivity contribution in [1.82, 2.24) is 4.98 Å². The summed E-state index contributed by atoms with van der Waals surface area (Å²) in [4.78, 5) is 25.6. The summed E-state index contributed by atoms with van der Waals surface area (Å²) in [6.45, 7) is 1.71. The maximum Gasteiger partial charge on any atom is 0.354 e. The van der Waals surface area contributed by atoms with Gasteiger partial charge in [0.05, 0.1) is 5.69 Å². The lowest BCUT2D eigenvalue weighted by Gasteiger charge is -2.04. The zero-order valence-corrected chi connectivity index (χ0v) is 10.8. The molecule has 1 amide bonds. The summed E-state index contributed by atoms with van der Waals surface area (Å²) in [5.74, 6) is -1.54. The maximum absolute atomic E-state index is 12.0. The number of rotatable bonds is 3. The van der Waals surface area contributed by atoms with Crippen LogP contribution in [0.25, 0.3) is 0 Å². The Labute approximate surface area is 114 Å². The fraction of sp³-hybridized carbons (Fsp3) is 0.0769. The number of carbonyl (C=O) groups is 2. The summed E-state index contributed by atoms with van der Waals surface area (Å²) < 4.78 is 0. The van der Waals surface area contributed by atoms with Crippen LogP contribution in [-0.4, -0.2) is 22.0 Å². The van der Waals surface area contributed by atoms with Gasteiger partial charge in [0, 0.05) is 16.3 Å². The van der Waals surface area contributed by atoms with Crippen molar-refractivity contribution in [3.05, 3.63) is 52.3 Å². The highest BCUT2D eigenvalue weighted by Crippen LogP contribution is 2.19. The summed E-state index contributed by atoms with van der Waals surface area (Å²) in [7, 11) is 0. The number of carboxylic acid groups (broad SMARTS) is 1. The third-order valence-corrected chi connectivity index (χ3v) is 2.74. The maximum atomic E-state index is 12.0. The van der Waals surface area contributed by atoms with Gasteiger partial charge in [-0.2, -0.15) is 0 Å². The molecule has 1 heterocycles. The Bertz CT molecular complexity index is 649. The minimum atomic E-state index is -1.13. The highest BCUT2D eigenvalue weighted by Gasteiger charge is 2.16. The van der Waals surface area contributed by atoms with E-state index in [9.17, 15) is 9.59 Å². The number of hydrogen-bond acceptors (Lipinski definition) is 2. The van der Waals surface area contributed by atoms with E-state index in [0.29, 0.717) is 16.3 Å². The van der Waals surface area contributed by atoms with Crippen LogP contribution in [-0.2, 0) is 0 Å². The standard InChI is InChI=1S/C13H11ClN2O3/c1-7-5-10(11(15-7)13(18)19)16-12(17)8-3-2-4-9(14)6-8/h2-6,15H,1H3,(H,16,17)(H,18,19). The van der Waals surface area contributed by atoms with E-state index in [2.05, 4.69) is 10.3 Å². The Morgan fingerprint density at radius 2 is 2.05 bits per heavy atom. The zero-order chi connectivity index (χ0) is 14.0. The first-order valence-electron chi connectivity index (χ1n) is 5.47. The van der Waals surface area contributed by atoms with E-state index in [0.717, 1.165) is 0 Å². The van der Waals surface area contributed by atoms with Gasteiger partial charge in [0.25, 0.3) is 5.91 Å². The summed E-state index contributed by atoms with van der Waals surface area (Å²) in [5, 5.41) is 12.0. The molecule has 3 N–H and O–H groups in total. The fourth-order valence-electron chi connectivity index (χ4n) is 1.68. The third-order valence-electron chi connectivity index (χ3n) is 2.50. The fourth-order valence-corrected chi connectivity index (χ4v) is 1.87. The number of carboxylic acids is 1. The molecule has 0 atom stereocenters. The largest absolute Gasteiger partial charge is 0.477 e. The SMILES string of the molecule is Cc1cc(NC(=O)c2cccc(Cl)c2)c(C(=O)O)[nH]1. The molecule has 0 aliphatic carbocycles. The summed E-state index contributed by atoms with van der Waals surface area (Å²) in [6, 6.07) is 7.98. The highest BCUT2D eigenvalue weighted by atomic mass is 35.5. The van der Waals surface area contributed by atoms with Gasteiger partial charge in [0.15, 0.2) is 0 Å². The number of aromatic nitrogens is 1. The number of anilines is 1. The van der Waals surface area contributed by atoms with Crippen LogP contribution in [0.1, 0.15) is 26.5 Å². The quantitative estimate of drug-likeness (QED) is 0.807. The molecular formula is C13H11ClN2O3. The van der Waals surface area contributed by atoms with Crippen molar-refractivity contribution in [2.75, 3.05) is 5.32 Å². The van der Waals surface area contributed by atoms with Crippen molar-refractivity contribution in [2.24, 2.45) is 0 Å². The molecule has 5 nitrogen and oxygen atoms in total. The van der Waals surface area contributed by atoms with Crippen LogP contribution in [0.4, 0.5) is 5.69 Å². The topological polar surface area (TPSA) is 82.2 Å². The molecule has 1 aromatic heterocycles. The number of aromatic carboxylic acids is 1. The number of amides is 1. The Morgan fingerprint density at radius 1 is 1.32 bits per heavy atom. The second-order valence-corrected chi connectivity index (χ2v) is 4.45. The number of H-pyrrole nitrogens is 1. The van der Waals surface area contributed by atoms with Crippen molar-refractivity contribution >= 4 is 29.2 Å². The Morgan fingerprint density at radius 3 is 2.68 bits per heavy atom. The Kier molecular flexibility index (Phi) is 3.57. The van der Waals surface area contributed by atoms with Crippen molar-refractivity contribution in [3.8, 4) is 0 Å². The number of hydrogen-bond donors (Lipinski definition) is 3. The normalized spacial score (nSPS) is 10.2. The van der Waals surface area contributed by atoms with Crippen LogP contribution in [0, 0.1) is 6.92 Å². The van der Waals surface area contributed by atoms with Crippen molar-refractivity contribution < 1.29 is 14.7 Å². The first-order valence-corrected chi connectivity index (χ1v) is 5.85. The van der Waals surface area contributed by atoms with E-state index in [1.807, 2.05) is 0 Å². The number of aryl methyl sites for hydroxylation is 1. The van der Waals surface area contributed by atoms with E-state index in [-0.39, 0.29) is 11.4 Å². The molecule has 0 fully saturated rings. The predicted octanol–water partition coefficient (Wildman–Crippen LogP) is 2.93. The van der Waals surface area contributed by atoms with E-state index in [1.165, 1.54) is 6.07 Å². The van der Waals surface area contributed by atoms with Crippen LogP contribution in [0.3, 0.4) is 0 Å². The Balaban J connectivity index is 2.26. The molecule has 2 rings (SSSR count). The average molecular weight is 279 g/mol. The van der Waals surface area contributed by atoms with Gasteiger partial charge >= 0.3 is 5.97 Å². The molecule has 0 unspecified atom stereocenters. The lowest BCUT2D eigenvalue weighted by Crippen LogP contribution is -2.14. The number of benzene rings is 1. The molecule has 98 valence electrons. The summed E-state index contributed by atoms with van der Waals surface area (Å²) >= 11 is 5.80. The van der Waals surface area contributed by atoms with Gasteiger partial charge in [0.1, 0.15) is 5.69 Å². The minimum absolute atomic E-state index is 0.0483. The van der Waals surface area contributed by atoms with Crippen LogP contribution in [0.15, 0.2) is 30.3 Å². The van der Waals surface area contributed by atoms with E-state index in [4.69, 9.17) is 16.7 Å². The number of carbonyl (C=O) groups excluding carboxylic acids is 1. The molecule has 0 saturated carbocycles. The minimum Gasteiger partial charge on any atom is -0.477 e. The number of aromatic amines is 1. The molecule has 0 saturated heterocycles. The van der Waals surface area contributed by atoms with E-state index in [1.54, 1.807) is 31.2 Å². The van der Waals surface area contributed by atoms with Crippen LogP contribution in [0.2, 0.25) is 5.02 Å². The lowest BCUT2D eigenvalue weighted by atomic mass is 10.2. The first-order chi connectivity index (χ1) is 8.97. The molecule has 0 aliphatic rings. The van der Waals surface area contributed by atoms with Gasteiger partial charge in [-0.3, -0.25) is 4.79 Å². The van der Waals surface area contributed by atoms with Crippen molar-refractivity contribution in [2.45, 2.75) is 6.92 Å². The molecule has 19 heavy (non-hydrogen) atoms. The second kappa shape index (κ2) is 5.16. The van der Waals surface area contributed by atoms with E-state index >= 15 is 0 Å². The molecular weight excluding hydrogens is 268 g/mol. The van der Waals surface area contributed by atoms with Crippen LogP contribution in [0.5, 0.6) is 0 Å². The van der Waals surface area contributed by atoms with Gasteiger partial charge in [-0.1, -0.05) is 17.7 Å². The third kappa shape index (κ3) is 2.95. The Hall–Kier alpha value is -2.27. The summed E-state index contributed by atoms with van der Waals surface area (Å²) in [6.07, 6.45) is 0. The van der Waals surface area contributed by atoms with Gasteiger partial charge < -0.3 is 15.4 Å². The van der Waals surface area contributed by atoms with Crippen molar-refractivity contribution in [3.63, 3.8) is 0 Å². The molecule has 6 heteroatoms. The highest BCUT2D eigenvalue weighted by molar-refractivity contribution is 6.31. The molecule has 1 aromatic carbocycles. The predicted molar refractivity (Wildman–Crippen MR) is 71.9 cm³/mol. The van der Waals surface area contributed by atoms with E-state index < -0.39 is 11.9 Å². The van der Waals surface area contributed by atoms with Gasteiger partial charge in [-0.25, -0.2) is 4.79 Å². The smallest absolute Gasteiger partial charge is 0.354 e. The molecule has 0 spiro atoms. The summed E-state index contributed by atoms with van der Waals surface area (Å²) in [5.41, 5.74) is 1.20. The van der Waals surface area contributed by atoms with Crippen molar-refractivity contribution in [1.29, 1.82) is 0 Å². The average Bonchev–Trinajstić information content (AvgIpc) is 2.70. The molecule has 0 aliphatic heterocycles. The first kappa shape index (κ1) is 13.2. The van der Waals surface area contributed by atoms with Gasteiger partial charge in [-0.15, -0.1) is 0 Å². The lowest BCUT2D eigenvalue weighted by molar-refractivity contribution is 0.0692. The van der Waals surface area contributed by atoms with Crippen LogP contribution < -0.4 is 5.32 Å². The zero-order valence-electron chi connectivity index (χ0n) is 10.0. The monoisotopic (exact) mass is 278 g/mol.